The third-order valence-electron chi connectivity index (χ3n) is 3.92. The first kappa shape index (κ1) is 14.0. The van der Waals surface area contributed by atoms with Crippen molar-refractivity contribution in [3.63, 3.8) is 0 Å². The molecule has 2 rings (SSSR count). The predicted molar refractivity (Wildman–Crippen MR) is 80.2 cm³/mol. The minimum absolute atomic E-state index is 0.637. The number of rotatable bonds is 5. The number of hydrogen-bond donors (Lipinski definition) is 1. The largest absolute Gasteiger partial charge is 0.311 e. The molecule has 0 spiro atoms. The zero-order chi connectivity index (χ0) is 13.0. The van der Waals surface area contributed by atoms with Crippen molar-refractivity contribution in [1.29, 1.82) is 0 Å². The van der Waals surface area contributed by atoms with E-state index in [1.54, 1.807) is 4.88 Å². The van der Waals surface area contributed by atoms with Crippen LogP contribution in [0.5, 0.6) is 0 Å². The Morgan fingerprint density at radius 1 is 1.50 bits per heavy atom. The van der Waals surface area contributed by atoms with Gasteiger partial charge in [-0.3, -0.25) is 4.90 Å². The van der Waals surface area contributed by atoms with E-state index in [1.807, 2.05) is 11.3 Å². The maximum absolute atomic E-state index is 3.65. The first-order valence-electron chi connectivity index (χ1n) is 7.23. The van der Waals surface area contributed by atoms with E-state index < -0.39 is 0 Å². The molecule has 1 aromatic rings. The van der Waals surface area contributed by atoms with E-state index in [-0.39, 0.29) is 0 Å². The molecule has 0 bridgehead atoms. The predicted octanol–water partition coefficient (Wildman–Crippen LogP) is 3.52. The molecule has 0 radical (unpaired) electrons. The summed E-state index contributed by atoms with van der Waals surface area (Å²) < 4.78 is 0. The van der Waals surface area contributed by atoms with Crippen molar-refractivity contribution in [2.75, 3.05) is 19.6 Å². The first-order chi connectivity index (χ1) is 8.72. The molecule has 102 valence electrons. The number of nitrogens with zero attached hydrogens (tertiary/aromatic N) is 1. The molecule has 2 unspecified atom stereocenters. The van der Waals surface area contributed by atoms with Crippen LogP contribution >= 0.6 is 11.3 Å². The number of piperazine rings is 1. The molecule has 1 saturated heterocycles. The molecule has 2 atom stereocenters. The zero-order valence-corrected chi connectivity index (χ0v) is 12.7. The van der Waals surface area contributed by atoms with Crippen LogP contribution in [0.2, 0.25) is 0 Å². The highest BCUT2D eigenvalue weighted by atomic mass is 32.1. The summed E-state index contributed by atoms with van der Waals surface area (Å²) in [5, 5.41) is 5.86. The molecule has 18 heavy (non-hydrogen) atoms. The van der Waals surface area contributed by atoms with Crippen LogP contribution in [0.4, 0.5) is 0 Å². The molecule has 3 heteroatoms. The van der Waals surface area contributed by atoms with Gasteiger partial charge in [-0.25, -0.2) is 0 Å². The lowest BCUT2D eigenvalue weighted by molar-refractivity contribution is 0.122. The van der Waals surface area contributed by atoms with Crippen LogP contribution in [0.3, 0.4) is 0 Å². The fraction of sp³-hybridized carbons (Fsp3) is 0.733. The Hall–Kier alpha value is -0.380. The molecule has 0 saturated carbocycles. The molecule has 1 fully saturated rings. The fourth-order valence-corrected chi connectivity index (χ4v) is 3.69. The van der Waals surface area contributed by atoms with Gasteiger partial charge in [-0.05, 0) is 23.8 Å². The van der Waals surface area contributed by atoms with Gasteiger partial charge in [0, 0.05) is 36.6 Å². The third-order valence-corrected chi connectivity index (χ3v) is 4.89. The van der Waals surface area contributed by atoms with Gasteiger partial charge < -0.3 is 5.32 Å². The van der Waals surface area contributed by atoms with Gasteiger partial charge in [-0.1, -0.05) is 33.3 Å². The molecule has 0 amide bonds. The lowest BCUT2D eigenvalue weighted by atomic mass is 9.99. The van der Waals surface area contributed by atoms with Crippen LogP contribution in [0, 0.1) is 5.92 Å². The fourth-order valence-electron chi connectivity index (χ4n) is 2.79. The van der Waals surface area contributed by atoms with Crippen molar-refractivity contribution in [2.45, 2.75) is 45.7 Å². The molecular formula is C15H26N2S. The van der Waals surface area contributed by atoms with Crippen molar-refractivity contribution in [3.05, 3.63) is 22.4 Å². The third kappa shape index (κ3) is 3.34. The Bertz CT molecular complexity index is 334. The van der Waals surface area contributed by atoms with E-state index in [1.165, 1.54) is 25.9 Å². The topological polar surface area (TPSA) is 15.3 Å². The average Bonchev–Trinajstić information content (AvgIpc) is 2.89. The highest BCUT2D eigenvalue weighted by Gasteiger charge is 2.27. The van der Waals surface area contributed by atoms with Crippen LogP contribution in [-0.4, -0.2) is 30.6 Å². The van der Waals surface area contributed by atoms with Crippen molar-refractivity contribution in [2.24, 2.45) is 5.92 Å². The van der Waals surface area contributed by atoms with Crippen molar-refractivity contribution >= 4 is 11.3 Å². The van der Waals surface area contributed by atoms with Crippen molar-refractivity contribution in [3.8, 4) is 0 Å². The van der Waals surface area contributed by atoms with Crippen molar-refractivity contribution in [1.82, 2.24) is 10.2 Å². The quantitative estimate of drug-likeness (QED) is 0.877. The number of hydrogen-bond acceptors (Lipinski definition) is 3. The molecule has 1 aliphatic rings. The second-order valence-corrected chi connectivity index (χ2v) is 6.60. The summed E-state index contributed by atoms with van der Waals surface area (Å²) in [7, 11) is 0. The summed E-state index contributed by atoms with van der Waals surface area (Å²) >= 11 is 1.91. The molecule has 0 aliphatic carbocycles. The smallest absolute Gasteiger partial charge is 0.0442 e. The summed E-state index contributed by atoms with van der Waals surface area (Å²) in [5.74, 6) is 0.721. The summed E-state index contributed by atoms with van der Waals surface area (Å²) in [6.45, 7) is 10.4. The second-order valence-electron chi connectivity index (χ2n) is 5.62. The van der Waals surface area contributed by atoms with Crippen LogP contribution < -0.4 is 5.32 Å². The Labute approximate surface area is 115 Å². The molecular weight excluding hydrogens is 240 g/mol. The lowest BCUT2D eigenvalue weighted by Crippen LogP contribution is -2.53. The van der Waals surface area contributed by atoms with E-state index in [2.05, 4.69) is 48.5 Å². The highest BCUT2D eigenvalue weighted by Crippen LogP contribution is 2.30. The minimum atomic E-state index is 0.637. The summed E-state index contributed by atoms with van der Waals surface area (Å²) in [5.41, 5.74) is 0. The number of thiophene rings is 1. The Morgan fingerprint density at radius 2 is 2.33 bits per heavy atom. The molecule has 0 aromatic carbocycles. The SMILES string of the molecule is CCCC(c1cccs1)N1CCNC(C(C)C)C1. The van der Waals surface area contributed by atoms with Gasteiger partial charge in [0.25, 0.3) is 0 Å². The summed E-state index contributed by atoms with van der Waals surface area (Å²) in [6.07, 6.45) is 2.55. The molecule has 2 nitrogen and oxygen atoms in total. The van der Waals surface area contributed by atoms with Crippen LogP contribution in [-0.2, 0) is 0 Å². The summed E-state index contributed by atoms with van der Waals surface area (Å²) in [6, 6.07) is 5.78. The Morgan fingerprint density at radius 3 is 2.94 bits per heavy atom. The normalized spacial score (nSPS) is 23.4. The van der Waals surface area contributed by atoms with Crippen molar-refractivity contribution < 1.29 is 0 Å². The standard InChI is InChI=1S/C15H26N2S/c1-4-6-14(15-7-5-10-18-15)17-9-8-16-13(11-17)12(2)3/h5,7,10,12-14,16H,4,6,8-9,11H2,1-3H3. The van der Waals surface area contributed by atoms with Gasteiger partial charge in [0.2, 0.25) is 0 Å². The minimum Gasteiger partial charge on any atom is -0.311 e. The van der Waals surface area contributed by atoms with E-state index in [9.17, 15) is 0 Å². The van der Waals surface area contributed by atoms with Crippen LogP contribution in [0.15, 0.2) is 17.5 Å². The average molecular weight is 266 g/mol. The second kappa shape index (κ2) is 6.69. The van der Waals surface area contributed by atoms with Crippen LogP contribution in [0.1, 0.15) is 44.5 Å². The van der Waals surface area contributed by atoms with Gasteiger partial charge in [-0.15, -0.1) is 11.3 Å². The van der Waals surface area contributed by atoms with E-state index in [0.717, 1.165) is 12.5 Å². The van der Waals surface area contributed by atoms with E-state index in [0.29, 0.717) is 12.1 Å². The van der Waals surface area contributed by atoms with Gasteiger partial charge in [0.05, 0.1) is 0 Å². The van der Waals surface area contributed by atoms with Gasteiger partial charge in [0.1, 0.15) is 0 Å². The van der Waals surface area contributed by atoms with Crippen LogP contribution in [0.25, 0.3) is 0 Å². The Kier molecular flexibility index (Phi) is 5.22. The van der Waals surface area contributed by atoms with E-state index in [4.69, 9.17) is 0 Å². The van der Waals surface area contributed by atoms with Gasteiger partial charge >= 0.3 is 0 Å². The molecule has 1 N–H and O–H groups in total. The number of nitrogens with one attached hydrogen (secondary N) is 1. The monoisotopic (exact) mass is 266 g/mol. The van der Waals surface area contributed by atoms with Gasteiger partial charge in [0.15, 0.2) is 0 Å². The van der Waals surface area contributed by atoms with E-state index >= 15 is 0 Å². The maximum Gasteiger partial charge on any atom is 0.0442 e. The summed E-state index contributed by atoms with van der Waals surface area (Å²) in [4.78, 5) is 4.23. The Balaban J connectivity index is 2.06. The highest BCUT2D eigenvalue weighted by molar-refractivity contribution is 7.10. The molecule has 1 aliphatic heterocycles. The lowest BCUT2D eigenvalue weighted by Gasteiger charge is -2.40. The first-order valence-corrected chi connectivity index (χ1v) is 8.11. The zero-order valence-electron chi connectivity index (χ0n) is 11.9. The molecule has 2 heterocycles. The molecule has 1 aromatic heterocycles. The van der Waals surface area contributed by atoms with Gasteiger partial charge in [-0.2, -0.15) is 0 Å². The maximum atomic E-state index is 3.65.